The highest BCUT2D eigenvalue weighted by atomic mass is 32.2. The summed E-state index contributed by atoms with van der Waals surface area (Å²) in [6.07, 6.45) is -2.35. The average Bonchev–Trinajstić information content (AvgIpc) is 4.04. The lowest BCUT2D eigenvalue weighted by atomic mass is 9.84. The van der Waals surface area contributed by atoms with Crippen LogP contribution >= 0.6 is 0 Å². The molecule has 4 heterocycles. The minimum Gasteiger partial charge on any atom is -0.497 e. The number of hydrogen-bond acceptors (Lipinski definition) is 10. The summed E-state index contributed by atoms with van der Waals surface area (Å²) < 4.78 is 118. The topological polar surface area (TPSA) is 182 Å². The van der Waals surface area contributed by atoms with E-state index in [9.17, 15) is 40.8 Å². The molecule has 3 N–H and O–H groups in total. The number of rotatable bonds is 6. The Hall–Kier alpha value is -4.75. The highest BCUT2D eigenvalue weighted by molar-refractivity contribution is 7.91. The van der Waals surface area contributed by atoms with E-state index in [2.05, 4.69) is 20.3 Å². The van der Waals surface area contributed by atoms with Crippen molar-refractivity contribution in [3.8, 4) is 11.5 Å². The smallest absolute Gasteiger partial charge is 0.427 e. The maximum atomic E-state index is 16.8. The van der Waals surface area contributed by atoms with Crippen molar-refractivity contribution in [3.63, 3.8) is 0 Å². The zero-order valence-electron chi connectivity index (χ0n) is 33.8. The molecular weight excluding hydrogens is 822 g/mol. The monoisotopic (exact) mass is 869 g/mol. The Morgan fingerprint density at radius 2 is 1.80 bits per heavy atom. The number of nitrogens with zero attached hydrogens (tertiary/aromatic N) is 2. The number of alkyl carbamates (subject to hydrolysis) is 1. The van der Waals surface area contributed by atoms with E-state index in [-0.39, 0.29) is 47.4 Å². The molecule has 328 valence electrons. The molecule has 2 aliphatic carbocycles. The number of nitrogens with one attached hydrogen (secondary N) is 3. The van der Waals surface area contributed by atoms with Crippen molar-refractivity contribution in [1.82, 2.24) is 25.2 Å². The van der Waals surface area contributed by atoms with Crippen LogP contribution in [0.25, 0.3) is 10.9 Å². The summed E-state index contributed by atoms with van der Waals surface area (Å²) >= 11 is 0. The minimum atomic E-state index is -4.98. The SMILES string of the molecule is COc1ccc2nc(C)c3c(c2c1)C(F)(F)C[C@]1(C[C@H]2C(=O)N[C@]4(C(=O)NS(=O)(=O)C5(C)CC5)C[C@H]4/C=C\CCCCC[C@H](NC(=O)OC(C)(C)C(F)(F)F)C(=O)N2C1)O3. The van der Waals surface area contributed by atoms with Crippen LogP contribution in [-0.4, -0.2) is 95.5 Å². The summed E-state index contributed by atoms with van der Waals surface area (Å²) in [6, 6.07) is 1.26. The Morgan fingerprint density at radius 3 is 2.47 bits per heavy atom. The lowest BCUT2D eigenvalue weighted by molar-refractivity contribution is -0.244. The highest BCUT2D eigenvalue weighted by Crippen LogP contribution is 2.55. The number of aromatic nitrogens is 1. The summed E-state index contributed by atoms with van der Waals surface area (Å²) in [5.41, 5.74) is -6.86. The lowest BCUT2D eigenvalue weighted by Crippen LogP contribution is -2.59. The third kappa shape index (κ3) is 7.83. The Labute approximate surface area is 343 Å². The fraction of sp³-hybridized carbons (Fsp3) is 0.625. The second kappa shape index (κ2) is 14.7. The standard InChI is InChI=1S/C40H48F5N5O9S/c1-22-30-29(25-17-24(57-5)13-14-26(25)46-22)39(41,42)20-37(58-30)19-28-31(51)48-38(33(53)49-60(55,56)36(4)15-16-36)18-23(38)11-9-7-6-8-10-12-27(32(52)50(28)21-37)47-34(54)59-35(2,3)40(43,44)45/h9,11,13-14,17,23,27-28H,6-8,10,12,15-16,18-21H2,1-5H3,(H,47,54)(H,48,51)(H,49,53)/b11-9-/t23-,27+,28+,37+,38-/m1/s1. The number of halogens is 5. The van der Waals surface area contributed by atoms with E-state index in [1.165, 1.54) is 33.1 Å². The molecule has 5 aliphatic rings. The summed E-state index contributed by atoms with van der Waals surface area (Å²) in [6.45, 7) is 3.57. The van der Waals surface area contributed by atoms with E-state index in [0.717, 1.165) is 4.90 Å². The molecule has 1 spiro atoms. The van der Waals surface area contributed by atoms with Gasteiger partial charge in [-0.15, -0.1) is 0 Å². The zero-order valence-corrected chi connectivity index (χ0v) is 34.6. The van der Waals surface area contributed by atoms with Gasteiger partial charge in [0.2, 0.25) is 27.4 Å². The van der Waals surface area contributed by atoms with Gasteiger partial charge in [-0.1, -0.05) is 25.0 Å². The number of sulfonamides is 1. The van der Waals surface area contributed by atoms with Crippen LogP contribution < -0.4 is 24.8 Å². The molecule has 20 heteroatoms. The highest BCUT2D eigenvalue weighted by Gasteiger charge is 2.65. The molecule has 60 heavy (non-hydrogen) atoms. The van der Waals surface area contributed by atoms with Crippen molar-refractivity contribution < 1.29 is 63.8 Å². The number of alkyl halides is 5. The number of aryl methyl sites for hydroxylation is 1. The van der Waals surface area contributed by atoms with Crippen LogP contribution in [0.5, 0.6) is 11.5 Å². The number of amides is 4. The third-order valence-corrected chi connectivity index (χ3v) is 14.6. The number of benzene rings is 1. The normalized spacial score (nSPS) is 29.4. The quantitative estimate of drug-likeness (QED) is 0.244. The zero-order chi connectivity index (χ0) is 43.8. The van der Waals surface area contributed by atoms with Crippen LogP contribution in [0.3, 0.4) is 0 Å². The van der Waals surface area contributed by atoms with E-state index in [0.29, 0.717) is 46.0 Å². The van der Waals surface area contributed by atoms with Crippen molar-refractivity contribution in [2.24, 2.45) is 5.92 Å². The fourth-order valence-corrected chi connectivity index (χ4v) is 9.67. The van der Waals surface area contributed by atoms with Gasteiger partial charge in [0.1, 0.15) is 29.0 Å². The van der Waals surface area contributed by atoms with Crippen LogP contribution in [0.2, 0.25) is 0 Å². The molecule has 3 aliphatic heterocycles. The Balaban J connectivity index is 1.27. The first kappa shape index (κ1) is 43.3. The Kier molecular flexibility index (Phi) is 10.6. The van der Waals surface area contributed by atoms with E-state index < -0.39 is 110 Å². The molecule has 1 aromatic heterocycles. The summed E-state index contributed by atoms with van der Waals surface area (Å²) in [7, 11) is -2.79. The molecule has 2 saturated carbocycles. The van der Waals surface area contributed by atoms with Gasteiger partial charge in [-0.25, -0.2) is 27.0 Å². The van der Waals surface area contributed by atoms with Gasteiger partial charge in [0, 0.05) is 17.7 Å². The number of hydrogen-bond donors (Lipinski definition) is 3. The first-order valence-electron chi connectivity index (χ1n) is 19.8. The van der Waals surface area contributed by atoms with Crippen molar-refractivity contribution in [2.75, 3.05) is 13.7 Å². The number of pyridine rings is 1. The van der Waals surface area contributed by atoms with Crippen molar-refractivity contribution >= 4 is 44.7 Å². The number of fused-ring (bicyclic) bond motifs is 5. The number of carbonyl (C=O) groups excluding carboxylic acids is 4. The number of carbonyl (C=O) groups is 4. The van der Waals surface area contributed by atoms with Crippen molar-refractivity contribution in [3.05, 3.63) is 41.6 Å². The van der Waals surface area contributed by atoms with Gasteiger partial charge in [0.15, 0.2) is 5.75 Å². The van der Waals surface area contributed by atoms with Gasteiger partial charge in [-0.05, 0) is 84.4 Å². The van der Waals surface area contributed by atoms with E-state index in [1.807, 2.05) is 0 Å². The van der Waals surface area contributed by atoms with E-state index >= 15 is 8.78 Å². The van der Waals surface area contributed by atoms with Crippen LogP contribution in [0.1, 0.15) is 96.2 Å². The second-order valence-corrected chi connectivity index (χ2v) is 19.6. The summed E-state index contributed by atoms with van der Waals surface area (Å²) in [5.74, 6) is -7.29. The van der Waals surface area contributed by atoms with Crippen molar-refractivity contribution in [1.29, 1.82) is 0 Å². The predicted octanol–water partition coefficient (Wildman–Crippen LogP) is 5.60. The minimum absolute atomic E-state index is 0.00647. The molecule has 3 fully saturated rings. The van der Waals surface area contributed by atoms with Crippen LogP contribution in [0.4, 0.5) is 26.7 Å². The van der Waals surface area contributed by atoms with E-state index in [1.54, 1.807) is 18.2 Å². The summed E-state index contributed by atoms with van der Waals surface area (Å²) in [4.78, 5) is 61.6. The Morgan fingerprint density at radius 1 is 1.08 bits per heavy atom. The molecule has 14 nitrogen and oxygen atoms in total. The lowest BCUT2D eigenvalue weighted by Gasteiger charge is -2.40. The third-order valence-electron chi connectivity index (χ3n) is 12.5. The molecule has 7 rings (SSSR count). The van der Waals surface area contributed by atoms with E-state index in [4.69, 9.17) is 14.2 Å². The summed E-state index contributed by atoms with van der Waals surface area (Å²) in [5, 5.41) is 4.95. The molecule has 1 saturated heterocycles. The molecule has 0 bridgehead atoms. The molecule has 1 aromatic carbocycles. The number of ether oxygens (including phenoxy) is 3. The largest absolute Gasteiger partial charge is 0.497 e. The van der Waals surface area contributed by atoms with Gasteiger partial charge < -0.3 is 29.7 Å². The first-order chi connectivity index (χ1) is 27.9. The second-order valence-electron chi connectivity index (χ2n) is 17.5. The van der Waals surface area contributed by atoms with Crippen LogP contribution in [0.15, 0.2) is 30.4 Å². The van der Waals surface area contributed by atoms with Gasteiger partial charge in [0.25, 0.3) is 11.8 Å². The van der Waals surface area contributed by atoms with Crippen LogP contribution in [0, 0.1) is 12.8 Å². The predicted molar refractivity (Wildman–Crippen MR) is 204 cm³/mol. The van der Waals surface area contributed by atoms with Crippen LogP contribution in [-0.2, 0) is 35.1 Å². The molecule has 0 radical (unpaired) electrons. The number of methoxy groups -OCH3 is 1. The maximum Gasteiger partial charge on any atom is 0.427 e. The molecule has 2 aromatic rings. The van der Waals surface area contributed by atoms with Gasteiger partial charge in [-0.2, -0.15) is 13.2 Å². The Bertz CT molecular complexity index is 2270. The molecule has 0 unspecified atom stereocenters. The molecular formula is C40H48F5N5O9S. The van der Waals surface area contributed by atoms with Gasteiger partial charge in [-0.3, -0.25) is 19.1 Å². The number of allylic oxidation sites excluding steroid dienone is 1. The van der Waals surface area contributed by atoms with Gasteiger partial charge >= 0.3 is 12.3 Å². The fourth-order valence-electron chi connectivity index (χ4n) is 8.36. The molecule has 4 amide bonds. The average molecular weight is 870 g/mol. The maximum absolute atomic E-state index is 16.8. The molecule has 5 atom stereocenters. The first-order valence-corrected chi connectivity index (χ1v) is 21.3. The van der Waals surface area contributed by atoms with Gasteiger partial charge in [0.05, 0.1) is 41.6 Å². The van der Waals surface area contributed by atoms with Crippen molar-refractivity contribution in [2.45, 2.75) is 138 Å².